The van der Waals surface area contributed by atoms with Crippen LogP contribution in [-0.2, 0) is 14.3 Å². The predicted molar refractivity (Wildman–Crippen MR) is 114 cm³/mol. The predicted octanol–water partition coefficient (Wildman–Crippen LogP) is 3.20. The highest BCUT2D eigenvalue weighted by atomic mass is 16.5. The lowest BCUT2D eigenvalue weighted by atomic mass is 10.0. The van der Waals surface area contributed by atoms with Gasteiger partial charge in [-0.2, -0.15) is 0 Å². The maximum Gasteiger partial charge on any atom is 0.306 e. The molecule has 1 atom stereocenters. The summed E-state index contributed by atoms with van der Waals surface area (Å²) in [5.41, 5.74) is 0. The number of quaternary nitrogens is 1. The number of likely N-dealkylation sites (N-methyl/N-ethyl adjacent to an activating group) is 1. The summed E-state index contributed by atoms with van der Waals surface area (Å²) in [7, 11) is 5.82. The third-order valence-corrected chi connectivity index (χ3v) is 4.98. The summed E-state index contributed by atoms with van der Waals surface area (Å²) in [5.74, 6) is -1.48. The highest BCUT2D eigenvalue weighted by Gasteiger charge is 2.22. The van der Waals surface area contributed by atoms with Crippen molar-refractivity contribution in [1.29, 1.82) is 0 Å². The Labute approximate surface area is 178 Å². The molecule has 0 radical (unpaired) electrons. The molecule has 0 bridgehead atoms. The van der Waals surface area contributed by atoms with Gasteiger partial charge in [0.1, 0.15) is 6.54 Å². The van der Waals surface area contributed by atoms with Gasteiger partial charge in [-0.05, 0) is 12.8 Å². The number of carboxylic acids is 1. The lowest BCUT2D eigenvalue weighted by Crippen LogP contribution is -2.45. The molecule has 0 aromatic rings. The van der Waals surface area contributed by atoms with E-state index >= 15 is 0 Å². The minimum Gasteiger partial charge on any atom is -0.550 e. The largest absolute Gasteiger partial charge is 0.550 e. The van der Waals surface area contributed by atoms with Crippen LogP contribution in [0.25, 0.3) is 0 Å². The minimum atomic E-state index is -1.18. The van der Waals surface area contributed by atoms with Crippen LogP contribution >= 0.6 is 0 Å². The fourth-order valence-electron chi connectivity index (χ4n) is 3.51. The molecule has 172 valence electrons. The normalized spacial score (nSPS) is 12.7. The lowest BCUT2D eigenvalue weighted by molar-refractivity contribution is -0.873. The summed E-state index contributed by atoms with van der Waals surface area (Å²) in [5, 5.41) is 19.6. The van der Waals surface area contributed by atoms with E-state index in [4.69, 9.17) is 9.84 Å². The van der Waals surface area contributed by atoms with Gasteiger partial charge in [-0.3, -0.25) is 4.79 Å². The van der Waals surface area contributed by atoms with E-state index in [1.807, 2.05) is 21.1 Å². The first kappa shape index (κ1) is 27.9. The molecule has 6 heteroatoms. The van der Waals surface area contributed by atoms with E-state index in [2.05, 4.69) is 0 Å². The SMILES string of the molecule is C[N+](C)(C)CC(CC(=O)[O-])OC(=O)CCCCCCCCCCCCCCCO. The number of esters is 1. The molecule has 29 heavy (non-hydrogen) atoms. The van der Waals surface area contributed by atoms with Crippen LogP contribution < -0.4 is 5.11 Å². The number of unbranched alkanes of at least 4 members (excludes halogenated alkanes) is 12. The van der Waals surface area contributed by atoms with Crippen LogP contribution in [-0.4, -0.2) is 61.9 Å². The topological polar surface area (TPSA) is 86.7 Å². The fourth-order valence-corrected chi connectivity index (χ4v) is 3.51. The van der Waals surface area contributed by atoms with Gasteiger partial charge in [0.15, 0.2) is 6.10 Å². The molecule has 1 unspecified atom stereocenters. The van der Waals surface area contributed by atoms with Crippen LogP contribution in [0.15, 0.2) is 0 Å². The van der Waals surface area contributed by atoms with Gasteiger partial charge in [0.25, 0.3) is 0 Å². The highest BCUT2D eigenvalue weighted by Crippen LogP contribution is 2.13. The van der Waals surface area contributed by atoms with Gasteiger partial charge in [0.2, 0.25) is 0 Å². The first-order chi connectivity index (χ1) is 13.7. The molecule has 0 heterocycles. The third-order valence-electron chi connectivity index (χ3n) is 4.98. The van der Waals surface area contributed by atoms with Gasteiger partial charge in [0, 0.05) is 25.4 Å². The molecular formula is C23H45NO5. The minimum absolute atomic E-state index is 0.246. The van der Waals surface area contributed by atoms with E-state index in [0.29, 0.717) is 24.1 Å². The van der Waals surface area contributed by atoms with Crippen molar-refractivity contribution in [3.8, 4) is 0 Å². The molecule has 0 fully saturated rings. The van der Waals surface area contributed by atoms with Crippen molar-refractivity contribution in [3.05, 3.63) is 0 Å². The number of aliphatic hydroxyl groups excluding tert-OH is 1. The van der Waals surface area contributed by atoms with Crippen molar-refractivity contribution in [3.63, 3.8) is 0 Å². The van der Waals surface area contributed by atoms with Crippen LogP contribution in [0.1, 0.15) is 96.3 Å². The molecule has 0 spiro atoms. The smallest absolute Gasteiger partial charge is 0.306 e. The molecule has 0 rings (SSSR count). The average Bonchev–Trinajstić information content (AvgIpc) is 2.60. The van der Waals surface area contributed by atoms with Gasteiger partial charge in [0.05, 0.1) is 21.1 Å². The van der Waals surface area contributed by atoms with E-state index < -0.39 is 12.1 Å². The summed E-state index contributed by atoms with van der Waals surface area (Å²) in [6, 6.07) is 0. The van der Waals surface area contributed by atoms with Crippen LogP contribution in [0, 0.1) is 0 Å². The summed E-state index contributed by atoms with van der Waals surface area (Å²) in [6.07, 6.45) is 14.7. The van der Waals surface area contributed by atoms with Crippen LogP contribution in [0.4, 0.5) is 0 Å². The van der Waals surface area contributed by atoms with Gasteiger partial charge in [-0.1, -0.05) is 70.6 Å². The summed E-state index contributed by atoms with van der Waals surface area (Å²) in [6.45, 7) is 0.781. The zero-order valence-electron chi connectivity index (χ0n) is 19.1. The zero-order valence-corrected chi connectivity index (χ0v) is 19.1. The van der Waals surface area contributed by atoms with Crippen LogP contribution in [0.2, 0.25) is 0 Å². The molecule has 0 aromatic heterocycles. The summed E-state index contributed by atoms with van der Waals surface area (Å²) >= 11 is 0. The third kappa shape index (κ3) is 21.4. The Bertz CT molecular complexity index is 420. The molecule has 0 aliphatic rings. The van der Waals surface area contributed by atoms with E-state index in [1.165, 1.54) is 51.4 Å². The first-order valence-corrected chi connectivity index (χ1v) is 11.5. The van der Waals surface area contributed by atoms with E-state index in [9.17, 15) is 14.7 Å². The van der Waals surface area contributed by atoms with Crippen LogP contribution in [0.3, 0.4) is 0 Å². The zero-order chi connectivity index (χ0) is 22.0. The van der Waals surface area contributed by atoms with E-state index in [1.54, 1.807) is 0 Å². The van der Waals surface area contributed by atoms with Crippen molar-refractivity contribution in [2.24, 2.45) is 0 Å². The monoisotopic (exact) mass is 415 g/mol. The molecule has 0 saturated carbocycles. The molecule has 1 N–H and O–H groups in total. The van der Waals surface area contributed by atoms with Crippen molar-refractivity contribution >= 4 is 11.9 Å². The molecular weight excluding hydrogens is 370 g/mol. The van der Waals surface area contributed by atoms with Gasteiger partial charge >= 0.3 is 5.97 Å². The number of nitrogens with zero attached hydrogens (tertiary/aromatic N) is 1. The number of carboxylic acid groups (broad SMARTS) is 1. The van der Waals surface area contributed by atoms with Gasteiger partial charge in [-0.15, -0.1) is 0 Å². The number of ether oxygens (including phenoxy) is 1. The Morgan fingerprint density at radius 3 is 1.59 bits per heavy atom. The number of carbonyl (C=O) groups excluding carboxylic acids is 2. The Morgan fingerprint density at radius 2 is 1.21 bits per heavy atom. The Kier molecular flexibility index (Phi) is 17.0. The molecule has 0 amide bonds. The number of aliphatic hydroxyl groups is 1. The maximum absolute atomic E-state index is 12.0. The summed E-state index contributed by atoms with van der Waals surface area (Å²) < 4.78 is 5.90. The van der Waals surface area contributed by atoms with Crippen molar-refractivity contribution < 1.29 is 29.0 Å². The lowest BCUT2D eigenvalue weighted by Gasteiger charge is -2.29. The Hall–Kier alpha value is -1.14. The molecule has 0 aromatic carbocycles. The fraction of sp³-hybridized carbons (Fsp3) is 0.913. The van der Waals surface area contributed by atoms with E-state index in [-0.39, 0.29) is 12.4 Å². The highest BCUT2D eigenvalue weighted by molar-refractivity contribution is 5.70. The summed E-state index contributed by atoms with van der Waals surface area (Å²) in [4.78, 5) is 22.8. The second-order valence-corrected chi connectivity index (χ2v) is 9.23. The van der Waals surface area contributed by atoms with Gasteiger partial charge < -0.3 is 24.2 Å². The maximum atomic E-state index is 12.0. The molecule has 6 nitrogen and oxygen atoms in total. The second kappa shape index (κ2) is 17.7. The Balaban J connectivity index is 3.59. The number of hydrogen-bond acceptors (Lipinski definition) is 5. The number of aliphatic carboxylic acids is 1. The molecule has 0 aliphatic carbocycles. The standard InChI is InChI=1S/C23H45NO5/c1-24(2,3)20-21(19-22(26)27)29-23(28)17-15-13-11-9-7-5-4-6-8-10-12-14-16-18-25/h21,25H,4-20H2,1-3H3. The number of rotatable bonds is 20. The Morgan fingerprint density at radius 1 is 0.793 bits per heavy atom. The van der Waals surface area contributed by atoms with Crippen molar-refractivity contribution in [1.82, 2.24) is 0 Å². The average molecular weight is 416 g/mol. The first-order valence-electron chi connectivity index (χ1n) is 11.5. The van der Waals surface area contributed by atoms with Crippen molar-refractivity contribution in [2.45, 2.75) is 102 Å². The van der Waals surface area contributed by atoms with Gasteiger partial charge in [-0.25, -0.2) is 0 Å². The van der Waals surface area contributed by atoms with Crippen LogP contribution in [0.5, 0.6) is 0 Å². The molecule has 0 aliphatic heterocycles. The second-order valence-electron chi connectivity index (χ2n) is 9.23. The molecule has 0 saturated heterocycles. The van der Waals surface area contributed by atoms with Crippen molar-refractivity contribution in [2.75, 3.05) is 34.3 Å². The van der Waals surface area contributed by atoms with E-state index in [0.717, 1.165) is 32.1 Å². The quantitative estimate of drug-likeness (QED) is 0.187. The number of carbonyl (C=O) groups is 2. The number of hydrogen-bond donors (Lipinski definition) is 1.